The second-order valence-electron chi connectivity index (χ2n) is 6.35. The molecule has 130 valence electrons. The lowest BCUT2D eigenvalue weighted by Crippen LogP contribution is -2.16. The van der Waals surface area contributed by atoms with Crippen LogP contribution in [0.25, 0.3) is 10.8 Å². The molecule has 3 rings (SSSR count). The van der Waals surface area contributed by atoms with Crippen molar-refractivity contribution in [3.63, 3.8) is 0 Å². The summed E-state index contributed by atoms with van der Waals surface area (Å²) in [5.41, 5.74) is 9.72. The number of rotatable bonds is 6. The Bertz CT molecular complexity index is 873. The predicted molar refractivity (Wildman–Crippen MR) is 104 cm³/mol. The summed E-state index contributed by atoms with van der Waals surface area (Å²) in [7, 11) is 3.43. The van der Waals surface area contributed by atoms with Gasteiger partial charge in [0, 0.05) is 11.5 Å². The molecule has 1 atom stereocenters. The van der Waals surface area contributed by atoms with E-state index >= 15 is 0 Å². The van der Waals surface area contributed by atoms with Gasteiger partial charge in [0.2, 0.25) is 0 Å². The Morgan fingerprint density at radius 2 is 1.64 bits per heavy atom. The van der Waals surface area contributed by atoms with Crippen molar-refractivity contribution < 1.29 is 9.47 Å². The largest absolute Gasteiger partial charge is 0.496 e. The molecule has 0 radical (unpaired) electrons. The van der Waals surface area contributed by atoms with Crippen LogP contribution >= 0.6 is 0 Å². The molecule has 0 aliphatic rings. The van der Waals surface area contributed by atoms with Crippen molar-refractivity contribution in [1.29, 1.82) is 0 Å². The molecule has 0 saturated carbocycles. The number of methoxy groups -OCH3 is 2. The topological polar surface area (TPSA) is 44.5 Å². The minimum atomic E-state index is 0.162. The monoisotopic (exact) mass is 335 g/mol. The summed E-state index contributed by atoms with van der Waals surface area (Å²) >= 11 is 0. The summed E-state index contributed by atoms with van der Waals surface area (Å²) in [6, 6.07) is 18.8. The molecule has 3 aromatic rings. The number of ether oxygens (including phenoxy) is 2. The van der Waals surface area contributed by atoms with Crippen LogP contribution in [0.2, 0.25) is 0 Å². The molecule has 0 aliphatic heterocycles. The second-order valence-corrected chi connectivity index (χ2v) is 6.35. The average molecular weight is 335 g/mol. The van der Waals surface area contributed by atoms with Crippen LogP contribution in [0, 0.1) is 6.92 Å². The van der Waals surface area contributed by atoms with Crippen LogP contribution in [0.15, 0.2) is 54.6 Å². The van der Waals surface area contributed by atoms with Crippen LogP contribution in [0.4, 0.5) is 0 Å². The molecule has 2 N–H and O–H groups in total. The van der Waals surface area contributed by atoms with Gasteiger partial charge < -0.3 is 15.2 Å². The van der Waals surface area contributed by atoms with Gasteiger partial charge in [-0.15, -0.1) is 0 Å². The minimum Gasteiger partial charge on any atom is -0.496 e. The summed E-state index contributed by atoms with van der Waals surface area (Å²) in [6.45, 7) is 2.64. The maximum absolute atomic E-state index is 6.17. The summed E-state index contributed by atoms with van der Waals surface area (Å²) in [6.07, 6.45) is 0.806. The minimum absolute atomic E-state index is 0.162. The number of nitrogens with two attached hydrogens (primary N) is 1. The van der Waals surface area contributed by atoms with E-state index in [1.54, 1.807) is 14.2 Å². The van der Waals surface area contributed by atoms with Crippen LogP contribution < -0.4 is 15.2 Å². The molecule has 3 heteroatoms. The highest BCUT2D eigenvalue weighted by Crippen LogP contribution is 2.35. The van der Waals surface area contributed by atoms with Gasteiger partial charge in [0.1, 0.15) is 11.5 Å². The Balaban J connectivity index is 2.09. The van der Waals surface area contributed by atoms with E-state index in [1.807, 2.05) is 12.1 Å². The zero-order valence-corrected chi connectivity index (χ0v) is 15.1. The molecule has 0 saturated heterocycles. The standard InChI is InChI=1S/C22H25NO2/c1-15-8-10-21(24-2)19(12-15)17(14-23)13-20-18-7-5-4-6-16(18)9-11-22(20)25-3/h4-12,17H,13-14,23H2,1-3H3. The molecule has 1 unspecified atom stereocenters. The molecule has 0 bridgehead atoms. The van der Waals surface area contributed by atoms with Crippen LogP contribution in [0.1, 0.15) is 22.6 Å². The summed E-state index contributed by atoms with van der Waals surface area (Å²) in [5.74, 6) is 1.96. The van der Waals surface area contributed by atoms with E-state index in [1.165, 1.54) is 21.9 Å². The quantitative estimate of drug-likeness (QED) is 0.724. The van der Waals surface area contributed by atoms with E-state index in [-0.39, 0.29) is 5.92 Å². The van der Waals surface area contributed by atoms with Crippen molar-refractivity contribution in [1.82, 2.24) is 0 Å². The van der Waals surface area contributed by atoms with Crippen molar-refractivity contribution in [2.24, 2.45) is 5.73 Å². The fourth-order valence-corrected chi connectivity index (χ4v) is 3.46. The molecule has 0 fully saturated rings. The highest BCUT2D eigenvalue weighted by Gasteiger charge is 2.19. The first kappa shape index (κ1) is 17.3. The Morgan fingerprint density at radius 3 is 2.36 bits per heavy atom. The zero-order valence-electron chi connectivity index (χ0n) is 15.1. The normalized spacial score (nSPS) is 12.2. The van der Waals surface area contributed by atoms with E-state index in [2.05, 4.69) is 49.4 Å². The fraction of sp³-hybridized carbons (Fsp3) is 0.273. The lowest BCUT2D eigenvalue weighted by atomic mass is 9.88. The van der Waals surface area contributed by atoms with Gasteiger partial charge >= 0.3 is 0 Å². The first-order chi connectivity index (χ1) is 12.2. The first-order valence-electron chi connectivity index (χ1n) is 8.57. The Morgan fingerprint density at radius 1 is 0.920 bits per heavy atom. The number of hydrogen-bond acceptors (Lipinski definition) is 3. The van der Waals surface area contributed by atoms with Crippen molar-refractivity contribution in [2.45, 2.75) is 19.3 Å². The van der Waals surface area contributed by atoms with E-state index in [0.717, 1.165) is 23.5 Å². The molecular weight excluding hydrogens is 310 g/mol. The van der Waals surface area contributed by atoms with Crippen molar-refractivity contribution in [3.8, 4) is 11.5 Å². The molecule has 3 nitrogen and oxygen atoms in total. The third-order valence-electron chi connectivity index (χ3n) is 4.78. The van der Waals surface area contributed by atoms with Gasteiger partial charge in [-0.1, -0.05) is 48.0 Å². The first-order valence-corrected chi connectivity index (χ1v) is 8.57. The second kappa shape index (κ2) is 7.58. The number of fused-ring (bicyclic) bond motifs is 1. The Kier molecular flexibility index (Phi) is 5.25. The van der Waals surface area contributed by atoms with Crippen molar-refractivity contribution in [2.75, 3.05) is 20.8 Å². The maximum Gasteiger partial charge on any atom is 0.122 e. The van der Waals surface area contributed by atoms with Gasteiger partial charge in [-0.05, 0) is 48.4 Å². The van der Waals surface area contributed by atoms with Gasteiger partial charge in [-0.25, -0.2) is 0 Å². The number of aryl methyl sites for hydroxylation is 1. The Labute approximate surface area is 149 Å². The molecule has 0 spiro atoms. The summed E-state index contributed by atoms with van der Waals surface area (Å²) in [4.78, 5) is 0. The zero-order chi connectivity index (χ0) is 17.8. The van der Waals surface area contributed by atoms with Crippen LogP contribution in [-0.4, -0.2) is 20.8 Å². The van der Waals surface area contributed by atoms with Gasteiger partial charge in [-0.2, -0.15) is 0 Å². The summed E-state index contributed by atoms with van der Waals surface area (Å²) in [5, 5.41) is 2.43. The lowest BCUT2D eigenvalue weighted by Gasteiger charge is -2.21. The smallest absolute Gasteiger partial charge is 0.122 e. The third kappa shape index (κ3) is 3.47. The van der Waals surface area contributed by atoms with Crippen LogP contribution in [0.3, 0.4) is 0 Å². The molecule has 0 amide bonds. The van der Waals surface area contributed by atoms with E-state index in [4.69, 9.17) is 15.2 Å². The lowest BCUT2D eigenvalue weighted by molar-refractivity contribution is 0.401. The molecule has 0 heterocycles. The summed E-state index contributed by atoms with van der Waals surface area (Å²) < 4.78 is 11.2. The van der Waals surface area contributed by atoms with E-state index in [0.29, 0.717) is 6.54 Å². The Hall–Kier alpha value is -2.52. The van der Waals surface area contributed by atoms with E-state index < -0.39 is 0 Å². The third-order valence-corrected chi connectivity index (χ3v) is 4.78. The predicted octanol–water partition coefficient (Wildman–Crippen LogP) is 4.45. The average Bonchev–Trinajstić information content (AvgIpc) is 2.65. The SMILES string of the molecule is COc1ccc(C)cc1C(CN)Cc1c(OC)ccc2ccccc12. The van der Waals surface area contributed by atoms with Crippen molar-refractivity contribution in [3.05, 3.63) is 71.3 Å². The molecule has 0 aromatic heterocycles. The number of hydrogen-bond donors (Lipinski definition) is 1. The van der Waals surface area contributed by atoms with E-state index in [9.17, 15) is 0 Å². The van der Waals surface area contributed by atoms with Crippen LogP contribution in [-0.2, 0) is 6.42 Å². The van der Waals surface area contributed by atoms with Gasteiger partial charge in [0.05, 0.1) is 14.2 Å². The van der Waals surface area contributed by atoms with Gasteiger partial charge in [0.15, 0.2) is 0 Å². The number of benzene rings is 3. The van der Waals surface area contributed by atoms with Gasteiger partial charge in [0.25, 0.3) is 0 Å². The van der Waals surface area contributed by atoms with Crippen molar-refractivity contribution >= 4 is 10.8 Å². The molecule has 0 aliphatic carbocycles. The highest BCUT2D eigenvalue weighted by molar-refractivity contribution is 5.87. The fourth-order valence-electron chi connectivity index (χ4n) is 3.46. The molecular formula is C22H25NO2. The molecule has 3 aromatic carbocycles. The van der Waals surface area contributed by atoms with Gasteiger partial charge in [-0.3, -0.25) is 0 Å². The molecule has 25 heavy (non-hydrogen) atoms. The highest BCUT2D eigenvalue weighted by atomic mass is 16.5. The maximum atomic E-state index is 6.17. The van der Waals surface area contributed by atoms with Crippen LogP contribution in [0.5, 0.6) is 11.5 Å².